The van der Waals surface area contributed by atoms with E-state index in [-0.39, 0.29) is 31.5 Å². The molecule has 37 heavy (non-hydrogen) atoms. The van der Waals surface area contributed by atoms with E-state index in [1.54, 1.807) is 45.9 Å². The molecule has 1 aromatic rings. The number of esters is 1. The minimum Gasteiger partial charge on any atom is -0.472 e. The first-order chi connectivity index (χ1) is 17.4. The van der Waals surface area contributed by atoms with Crippen molar-refractivity contribution >= 4 is 27.7 Å². The summed E-state index contributed by atoms with van der Waals surface area (Å²) < 4.78 is 40.6. The second kappa shape index (κ2) is 10.2. The first-order valence-electron chi connectivity index (χ1n) is 12.1. The summed E-state index contributed by atoms with van der Waals surface area (Å²) >= 11 is 0. The van der Waals surface area contributed by atoms with Crippen molar-refractivity contribution in [3.63, 3.8) is 0 Å². The number of nitrogens with zero attached hydrogens (tertiary/aromatic N) is 4. The summed E-state index contributed by atoms with van der Waals surface area (Å²) in [4.78, 5) is 37.5. The Labute approximate surface area is 216 Å². The molecule has 1 aromatic heterocycles. The highest BCUT2D eigenvalue weighted by Gasteiger charge is 2.43. The predicted molar refractivity (Wildman–Crippen MR) is 135 cm³/mol. The largest absolute Gasteiger partial charge is 0.472 e. The smallest absolute Gasteiger partial charge is 0.411 e. The van der Waals surface area contributed by atoms with E-state index in [2.05, 4.69) is 9.97 Å². The zero-order chi connectivity index (χ0) is 27.0. The molecule has 1 aliphatic carbocycles. The summed E-state index contributed by atoms with van der Waals surface area (Å²) in [5.74, 6) is 0.357. The number of likely N-dealkylation sites (tertiary alicyclic amines) is 1. The highest BCUT2D eigenvalue weighted by atomic mass is 32.2. The van der Waals surface area contributed by atoms with Gasteiger partial charge < -0.3 is 19.1 Å². The highest BCUT2D eigenvalue weighted by molar-refractivity contribution is 7.94. The van der Waals surface area contributed by atoms with E-state index in [1.807, 2.05) is 17.2 Å². The van der Waals surface area contributed by atoms with Gasteiger partial charge in [0.05, 0.1) is 24.1 Å². The zero-order valence-corrected chi connectivity index (χ0v) is 22.4. The van der Waals surface area contributed by atoms with Crippen molar-refractivity contribution in [2.24, 2.45) is 0 Å². The van der Waals surface area contributed by atoms with Crippen LogP contribution >= 0.6 is 0 Å². The molecule has 0 spiro atoms. The van der Waals surface area contributed by atoms with Crippen LogP contribution in [0.15, 0.2) is 47.3 Å². The minimum absolute atomic E-state index is 0.0874. The van der Waals surface area contributed by atoms with Crippen LogP contribution in [-0.2, 0) is 24.1 Å². The average molecular weight is 533 g/mol. The highest BCUT2D eigenvalue weighted by Crippen LogP contribution is 2.34. The summed E-state index contributed by atoms with van der Waals surface area (Å²) in [6, 6.07) is 0.766. The fraction of sp³-hybridized carbons (Fsp3) is 0.520. The lowest BCUT2D eigenvalue weighted by atomic mass is 10.0. The number of anilines is 1. The topological polar surface area (TPSA) is 128 Å². The molecule has 1 amide bonds. The van der Waals surface area contributed by atoms with Gasteiger partial charge >= 0.3 is 12.1 Å². The SMILES string of the molecule is CCOC(=O)C1CC(Oc2cc(N3C=CC4=CC(S(C)(=O)=O)=CCC43)ncn2)CN1C(=O)OC(C)(C)C. The second-order valence-corrected chi connectivity index (χ2v) is 12.1. The van der Waals surface area contributed by atoms with Gasteiger partial charge in [0.25, 0.3) is 0 Å². The van der Waals surface area contributed by atoms with Crippen molar-refractivity contribution in [3.8, 4) is 5.88 Å². The molecular formula is C25H32N4O7S. The standard InChI is InChI=1S/C25H32N4O7S/c1-6-34-23(30)20-12-17(14-29(20)24(31)36-25(2,3)4)35-22-13-21(26-15-27-22)28-10-9-16-11-18(37(5,32)33)7-8-19(16)28/h7,9-11,13,15,17,19-20H,6,8,12,14H2,1-5H3. The minimum atomic E-state index is -3.29. The third-order valence-electron chi connectivity index (χ3n) is 6.06. The Morgan fingerprint density at radius 1 is 1.22 bits per heavy atom. The molecular weight excluding hydrogens is 500 g/mol. The first kappa shape index (κ1) is 26.6. The molecule has 3 aliphatic rings. The summed E-state index contributed by atoms with van der Waals surface area (Å²) in [6.07, 6.45) is 9.29. The Balaban J connectivity index is 1.48. The summed E-state index contributed by atoms with van der Waals surface area (Å²) in [5.41, 5.74) is 0.161. The fourth-order valence-corrected chi connectivity index (χ4v) is 5.20. The van der Waals surface area contributed by atoms with E-state index in [0.717, 1.165) is 5.57 Å². The van der Waals surface area contributed by atoms with Crippen LogP contribution in [0.5, 0.6) is 5.88 Å². The summed E-state index contributed by atoms with van der Waals surface area (Å²) in [6.45, 7) is 7.31. The molecule has 0 N–H and O–H groups in total. The molecule has 0 radical (unpaired) electrons. The number of allylic oxidation sites excluding steroid dienone is 1. The van der Waals surface area contributed by atoms with E-state index < -0.39 is 39.6 Å². The Morgan fingerprint density at radius 2 is 1.97 bits per heavy atom. The zero-order valence-electron chi connectivity index (χ0n) is 21.6. The van der Waals surface area contributed by atoms with Gasteiger partial charge in [-0.05, 0) is 51.8 Å². The third-order valence-corrected chi connectivity index (χ3v) is 7.20. The number of carbonyl (C=O) groups excluding carboxylic acids is 2. The molecule has 0 bridgehead atoms. The van der Waals surface area contributed by atoms with E-state index in [0.29, 0.717) is 17.1 Å². The van der Waals surface area contributed by atoms with Crippen LogP contribution in [0.3, 0.4) is 0 Å². The number of aromatic nitrogens is 2. The van der Waals surface area contributed by atoms with E-state index in [1.165, 1.54) is 17.5 Å². The maximum absolute atomic E-state index is 12.8. The number of carbonyl (C=O) groups is 2. The van der Waals surface area contributed by atoms with Gasteiger partial charge in [0, 0.05) is 24.9 Å². The molecule has 0 aromatic carbocycles. The normalized spacial score (nSPS) is 23.3. The molecule has 0 saturated carbocycles. The van der Waals surface area contributed by atoms with Crippen molar-refractivity contribution < 1.29 is 32.2 Å². The second-order valence-electron chi connectivity index (χ2n) is 10.1. The molecule has 11 nitrogen and oxygen atoms in total. The van der Waals surface area contributed by atoms with Gasteiger partial charge in [0.15, 0.2) is 9.84 Å². The van der Waals surface area contributed by atoms with Crippen molar-refractivity contribution in [1.29, 1.82) is 0 Å². The van der Waals surface area contributed by atoms with Gasteiger partial charge in [-0.25, -0.2) is 28.0 Å². The maximum Gasteiger partial charge on any atom is 0.411 e. The Morgan fingerprint density at radius 3 is 2.65 bits per heavy atom. The van der Waals surface area contributed by atoms with Crippen LogP contribution in [-0.4, -0.2) is 78.5 Å². The number of sulfone groups is 1. The van der Waals surface area contributed by atoms with Gasteiger partial charge in [-0.1, -0.05) is 6.08 Å². The molecule has 1 fully saturated rings. The van der Waals surface area contributed by atoms with E-state index in [4.69, 9.17) is 14.2 Å². The van der Waals surface area contributed by atoms with Gasteiger partial charge in [-0.15, -0.1) is 0 Å². The van der Waals surface area contributed by atoms with Crippen LogP contribution in [0.4, 0.5) is 10.6 Å². The molecule has 3 atom stereocenters. The van der Waals surface area contributed by atoms with Gasteiger partial charge in [0.1, 0.15) is 29.9 Å². The molecule has 12 heteroatoms. The molecule has 4 rings (SSSR count). The van der Waals surface area contributed by atoms with Gasteiger partial charge in [-0.2, -0.15) is 0 Å². The number of hydrogen-bond donors (Lipinski definition) is 0. The summed E-state index contributed by atoms with van der Waals surface area (Å²) in [5, 5.41) is 0. The van der Waals surface area contributed by atoms with Crippen molar-refractivity contribution in [1.82, 2.24) is 14.9 Å². The van der Waals surface area contributed by atoms with E-state index in [9.17, 15) is 18.0 Å². The Bertz CT molecular complexity index is 1270. The molecule has 2 aliphatic heterocycles. The fourth-order valence-electron chi connectivity index (χ4n) is 4.45. The number of rotatable bonds is 6. The predicted octanol–water partition coefficient (Wildman–Crippen LogP) is 2.76. The summed E-state index contributed by atoms with van der Waals surface area (Å²) in [7, 11) is -3.29. The Kier molecular flexibility index (Phi) is 7.31. The van der Waals surface area contributed by atoms with Gasteiger partial charge in [-0.3, -0.25) is 4.90 Å². The van der Waals surface area contributed by atoms with Crippen LogP contribution in [0.2, 0.25) is 0 Å². The van der Waals surface area contributed by atoms with Crippen molar-refractivity contribution in [2.45, 2.75) is 64.3 Å². The van der Waals surface area contributed by atoms with Crippen molar-refractivity contribution in [2.75, 3.05) is 24.3 Å². The average Bonchev–Trinajstić information content (AvgIpc) is 3.42. The molecule has 1 saturated heterocycles. The van der Waals surface area contributed by atoms with E-state index >= 15 is 0 Å². The lowest BCUT2D eigenvalue weighted by molar-refractivity contribution is -0.148. The number of ether oxygens (including phenoxy) is 3. The molecule has 200 valence electrons. The quantitative estimate of drug-likeness (QED) is 0.504. The lowest BCUT2D eigenvalue weighted by Gasteiger charge is -2.27. The van der Waals surface area contributed by atoms with Crippen LogP contribution < -0.4 is 9.64 Å². The van der Waals surface area contributed by atoms with Crippen LogP contribution in [0.1, 0.15) is 40.5 Å². The monoisotopic (exact) mass is 532 g/mol. The molecule has 3 unspecified atom stereocenters. The molecule has 3 heterocycles. The van der Waals surface area contributed by atoms with Crippen LogP contribution in [0, 0.1) is 0 Å². The third kappa shape index (κ3) is 6.12. The Hall–Kier alpha value is -3.41. The van der Waals surface area contributed by atoms with Gasteiger partial charge in [0.2, 0.25) is 5.88 Å². The first-order valence-corrected chi connectivity index (χ1v) is 14.0. The lowest BCUT2D eigenvalue weighted by Crippen LogP contribution is -2.44. The number of hydrogen-bond acceptors (Lipinski definition) is 10. The maximum atomic E-state index is 12.8. The number of amides is 1. The van der Waals surface area contributed by atoms with Crippen LogP contribution in [0.25, 0.3) is 0 Å². The number of fused-ring (bicyclic) bond motifs is 1. The van der Waals surface area contributed by atoms with Crippen molar-refractivity contribution in [3.05, 3.63) is 47.3 Å².